The quantitative estimate of drug-likeness (QED) is 0.708. The van der Waals surface area contributed by atoms with Gasteiger partial charge in [0.1, 0.15) is 0 Å². The van der Waals surface area contributed by atoms with Crippen molar-refractivity contribution in [3.63, 3.8) is 0 Å². The molecule has 94 valence electrons. The molecule has 0 bridgehead atoms. The molecule has 4 atom stereocenters. The van der Waals surface area contributed by atoms with E-state index in [2.05, 4.69) is 13.5 Å². The Morgan fingerprint density at radius 2 is 2.18 bits per heavy atom. The SMILES string of the molecule is C=C(C)[C@H]1C[C@@H](O)[C@]2(C)CC(=O)C=C(C)[C@H]2C1. The molecule has 0 radical (unpaired) electrons. The number of ketones is 1. The Morgan fingerprint density at radius 1 is 1.53 bits per heavy atom. The van der Waals surface area contributed by atoms with E-state index >= 15 is 0 Å². The molecule has 2 heteroatoms. The largest absolute Gasteiger partial charge is 0.393 e. The van der Waals surface area contributed by atoms with Gasteiger partial charge in [-0.1, -0.05) is 24.6 Å². The molecule has 0 aromatic rings. The fraction of sp³-hybridized carbons (Fsp3) is 0.667. The van der Waals surface area contributed by atoms with Crippen molar-refractivity contribution in [1.82, 2.24) is 0 Å². The van der Waals surface area contributed by atoms with E-state index in [1.54, 1.807) is 6.08 Å². The molecule has 0 heterocycles. The Morgan fingerprint density at radius 3 is 2.76 bits per heavy atom. The minimum Gasteiger partial charge on any atom is -0.393 e. The molecular formula is C15H22O2. The fourth-order valence-electron chi connectivity index (χ4n) is 3.55. The molecule has 17 heavy (non-hydrogen) atoms. The molecule has 1 fully saturated rings. The third-order valence-electron chi connectivity index (χ3n) is 4.78. The molecule has 2 aliphatic rings. The van der Waals surface area contributed by atoms with Gasteiger partial charge in [-0.3, -0.25) is 4.79 Å². The van der Waals surface area contributed by atoms with Crippen LogP contribution in [0.1, 0.15) is 40.0 Å². The zero-order valence-corrected chi connectivity index (χ0v) is 11.0. The molecule has 0 aromatic heterocycles. The molecule has 0 aliphatic heterocycles. The minimum atomic E-state index is -0.393. The number of aliphatic hydroxyl groups excluding tert-OH is 1. The highest BCUT2D eigenvalue weighted by atomic mass is 16.3. The van der Waals surface area contributed by atoms with E-state index in [4.69, 9.17) is 0 Å². The van der Waals surface area contributed by atoms with Crippen molar-refractivity contribution in [2.75, 3.05) is 0 Å². The van der Waals surface area contributed by atoms with Gasteiger partial charge < -0.3 is 5.11 Å². The monoisotopic (exact) mass is 234 g/mol. The van der Waals surface area contributed by atoms with Crippen LogP contribution in [0.15, 0.2) is 23.8 Å². The molecule has 2 nitrogen and oxygen atoms in total. The smallest absolute Gasteiger partial charge is 0.156 e. The lowest BCUT2D eigenvalue weighted by molar-refractivity contribution is -0.125. The summed E-state index contributed by atoms with van der Waals surface area (Å²) in [5.74, 6) is 0.874. The van der Waals surface area contributed by atoms with Gasteiger partial charge in [0, 0.05) is 11.8 Å². The maximum Gasteiger partial charge on any atom is 0.156 e. The first-order valence-corrected chi connectivity index (χ1v) is 6.39. The van der Waals surface area contributed by atoms with E-state index in [1.165, 1.54) is 0 Å². The van der Waals surface area contributed by atoms with E-state index in [1.807, 2.05) is 13.8 Å². The molecule has 0 spiro atoms. The van der Waals surface area contributed by atoms with Crippen molar-refractivity contribution in [2.45, 2.75) is 46.1 Å². The lowest BCUT2D eigenvalue weighted by Gasteiger charge is -2.50. The number of hydrogen-bond acceptors (Lipinski definition) is 2. The van der Waals surface area contributed by atoms with Crippen LogP contribution in [-0.4, -0.2) is 17.0 Å². The third kappa shape index (κ3) is 1.99. The Hall–Kier alpha value is -0.890. The van der Waals surface area contributed by atoms with Crippen LogP contribution in [0.25, 0.3) is 0 Å². The number of rotatable bonds is 1. The number of fused-ring (bicyclic) bond motifs is 1. The summed E-state index contributed by atoms with van der Waals surface area (Å²) >= 11 is 0. The molecular weight excluding hydrogens is 212 g/mol. The van der Waals surface area contributed by atoms with E-state index in [-0.39, 0.29) is 11.2 Å². The van der Waals surface area contributed by atoms with Gasteiger partial charge in [-0.05, 0) is 44.6 Å². The van der Waals surface area contributed by atoms with Gasteiger partial charge in [0.05, 0.1) is 6.10 Å². The molecule has 2 aliphatic carbocycles. The Bertz CT molecular complexity index is 394. The standard InChI is InChI=1S/C15H22O2/c1-9(2)11-6-13-10(3)5-12(16)8-15(13,4)14(17)7-11/h5,11,13-14,17H,1,6-8H2,2-4H3/t11-,13-,14-,15-/m1/s1. The van der Waals surface area contributed by atoms with Crippen molar-refractivity contribution in [3.8, 4) is 0 Å². The highest BCUT2D eigenvalue weighted by Gasteiger charge is 2.49. The summed E-state index contributed by atoms with van der Waals surface area (Å²) < 4.78 is 0. The predicted molar refractivity (Wildman–Crippen MR) is 68.5 cm³/mol. The average Bonchev–Trinajstić information content (AvgIpc) is 2.19. The van der Waals surface area contributed by atoms with Crippen molar-refractivity contribution >= 4 is 5.78 Å². The minimum absolute atomic E-state index is 0.161. The Balaban J connectivity index is 2.35. The number of carbonyl (C=O) groups is 1. The first-order chi connectivity index (χ1) is 7.84. The van der Waals surface area contributed by atoms with Gasteiger partial charge in [-0.2, -0.15) is 0 Å². The molecule has 0 amide bonds. The second-order valence-corrected chi connectivity index (χ2v) is 6.12. The van der Waals surface area contributed by atoms with Crippen LogP contribution in [0.4, 0.5) is 0 Å². The first-order valence-electron chi connectivity index (χ1n) is 6.39. The van der Waals surface area contributed by atoms with Crippen molar-refractivity contribution < 1.29 is 9.90 Å². The molecule has 0 unspecified atom stereocenters. The average molecular weight is 234 g/mol. The Labute approximate surface area is 103 Å². The number of carbonyl (C=O) groups excluding carboxylic acids is 1. The second kappa shape index (κ2) is 4.09. The van der Waals surface area contributed by atoms with Crippen LogP contribution in [-0.2, 0) is 4.79 Å². The van der Waals surface area contributed by atoms with Gasteiger partial charge in [-0.15, -0.1) is 0 Å². The number of allylic oxidation sites excluding steroid dienone is 3. The van der Waals surface area contributed by atoms with Gasteiger partial charge in [-0.25, -0.2) is 0 Å². The summed E-state index contributed by atoms with van der Waals surface area (Å²) in [4.78, 5) is 11.7. The first kappa shape index (κ1) is 12.6. The van der Waals surface area contributed by atoms with E-state index in [0.29, 0.717) is 18.3 Å². The second-order valence-electron chi connectivity index (χ2n) is 6.12. The summed E-state index contributed by atoms with van der Waals surface area (Å²) in [6, 6.07) is 0. The van der Waals surface area contributed by atoms with Crippen LogP contribution in [0.3, 0.4) is 0 Å². The summed E-state index contributed by atoms with van der Waals surface area (Å²) in [5, 5.41) is 10.4. The van der Waals surface area contributed by atoms with E-state index < -0.39 is 6.10 Å². The highest BCUT2D eigenvalue weighted by molar-refractivity contribution is 5.92. The summed E-state index contributed by atoms with van der Waals surface area (Å²) in [7, 11) is 0. The topological polar surface area (TPSA) is 37.3 Å². The highest BCUT2D eigenvalue weighted by Crippen LogP contribution is 2.52. The molecule has 0 saturated heterocycles. The summed E-state index contributed by atoms with van der Waals surface area (Å²) in [6.07, 6.45) is 3.64. The van der Waals surface area contributed by atoms with Crippen LogP contribution >= 0.6 is 0 Å². The summed E-state index contributed by atoms with van der Waals surface area (Å²) in [5.41, 5.74) is 2.02. The van der Waals surface area contributed by atoms with E-state index in [9.17, 15) is 9.90 Å². The van der Waals surface area contributed by atoms with Crippen LogP contribution in [0, 0.1) is 17.3 Å². The lowest BCUT2D eigenvalue weighted by atomic mass is 9.56. The maximum atomic E-state index is 11.7. The molecule has 1 saturated carbocycles. The molecule has 1 N–H and O–H groups in total. The van der Waals surface area contributed by atoms with Crippen LogP contribution in [0.5, 0.6) is 0 Å². The Kier molecular flexibility index (Phi) is 3.03. The van der Waals surface area contributed by atoms with Crippen molar-refractivity contribution in [2.24, 2.45) is 17.3 Å². The predicted octanol–water partition coefficient (Wildman–Crippen LogP) is 2.88. The zero-order chi connectivity index (χ0) is 12.8. The van der Waals surface area contributed by atoms with Crippen molar-refractivity contribution in [1.29, 1.82) is 0 Å². The van der Waals surface area contributed by atoms with Crippen LogP contribution in [0.2, 0.25) is 0 Å². The number of hydrogen-bond donors (Lipinski definition) is 1. The van der Waals surface area contributed by atoms with Gasteiger partial charge in [0.25, 0.3) is 0 Å². The molecule has 2 rings (SSSR count). The number of aliphatic hydroxyl groups is 1. The van der Waals surface area contributed by atoms with Gasteiger partial charge >= 0.3 is 0 Å². The third-order valence-corrected chi connectivity index (χ3v) is 4.78. The van der Waals surface area contributed by atoms with Gasteiger partial charge in [0.2, 0.25) is 0 Å². The fourth-order valence-corrected chi connectivity index (χ4v) is 3.55. The van der Waals surface area contributed by atoms with Crippen LogP contribution < -0.4 is 0 Å². The zero-order valence-electron chi connectivity index (χ0n) is 11.0. The summed E-state index contributed by atoms with van der Waals surface area (Å²) in [6.45, 7) is 10.1. The molecule has 0 aromatic carbocycles. The van der Waals surface area contributed by atoms with Crippen molar-refractivity contribution in [3.05, 3.63) is 23.8 Å². The normalized spacial score (nSPS) is 41.8. The maximum absolute atomic E-state index is 11.7. The lowest BCUT2D eigenvalue weighted by Crippen LogP contribution is -2.49. The van der Waals surface area contributed by atoms with Gasteiger partial charge in [0.15, 0.2) is 5.78 Å². The van der Waals surface area contributed by atoms with E-state index in [0.717, 1.165) is 24.0 Å².